The molecule has 0 radical (unpaired) electrons. The van der Waals surface area contributed by atoms with Crippen LogP contribution in [-0.4, -0.2) is 40.6 Å². The molecule has 0 aliphatic carbocycles. The number of ether oxygens (including phenoxy) is 1. The molecular weight excluding hydrogens is 460 g/mol. The summed E-state index contributed by atoms with van der Waals surface area (Å²) in [5.74, 6) is 0. The normalized spacial score (nSPS) is 12.0. The molecular formula is C11H19I2N3O2. The van der Waals surface area contributed by atoms with Crippen molar-refractivity contribution in [2.75, 3.05) is 20.1 Å². The Morgan fingerprint density at radius 1 is 1.44 bits per heavy atom. The van der Waals surface area contributed by atoms with Crippen molar-refractivity contribution in [1.29, 1.82) is 0 Å². The van der Waals surface area contributed by atoms with Crippen molar-refractivity contribution >= 4 is 55.1 Å². The van der Waals surface area contributed by atoms with Crippen LogP contribution in [0.3, 0.4) is 0 Å². The van der Waals surface area contributed by atoms with Crippen molar-refractivity contribution < 1.29 is 9.53 Å². The molecule has 104 valence electrons. The Hall–Kier alpha value is -0.0600. The van der Waals surface area contributed by atoms with Gasteiger partial charge in [0.1, 0.15) is 5.60 Å². The Balaban J connectivity index is 3.98. The molecule has 0 fully saturated rings. The van der Waals surface area contributed by atoms with E-state index in [0.717, 1.165) is 7.55 Å². The summed E-state index contributed by atoms with van der Waals surface area (Å²) in [4.78, 5) is 17.5. The maximum absolute atomic E-state index is 11.4. The molecule has 0 spiro atoms. The second-order valence-electron chi connectivity index (χ2n) is 4.61. The zero-order valence-corrected chi connectivity index (χ0v) is 15.4. The van der Waals surface area contributed by atoms with E-state index < -0.39 is 11.7 Å². The Bertz CT molecular complexity index is 338. The van der Waals surface area contributed by atoms with E-state index in [4.69, 9.17) is 4.74 Å². The predicted molar refractivity (Wildman–Crippen MR) is 91.5 cm³/mol. The Kier molecular flexibility index (Phi) is 8.15. The topological polar surface area (TPSA) is 53.9 Å². The summed E-state index contributed by atoms with van der Waals surface area (Å²) in [5, 5.41) is 2.69. The summed E-state index contributed by atoms with van der Waals surface area (Å²) >= 11 is 4.18. The summed E-state index contributed by atoms with van der Waals surface area (Å²) in [7, 11) is 1.90. The first-order valence-electron chi connectivity index (χ1n) is 5.38. The Labute approximate surface area is 136 Å². The fourth-order valence-corrected chi connectivity index (χ4v) is 2.14. The molecule has 0 saturated carbocycles. The van der Waals surface area contributed by atoms with Gasteiger partial charge < -0.3 is 15.0 Å². The van der Waals surface area contributed by atoms with Crippen LogP contribution < -0.4 is 5.32 Å². The smallest absolute Gasteiger partial charge is 0.407 e. The van der Waals surface area contributed by atoms with Crippen LogP contribution in [0.5, 0.6) is 0 Å². The van der Waals surface area contributed by atoms with Gasteiger partial charge in [-0.05, 0) is 66.0 Å². The van der Waals surface area contributed by atoms with Gasteiger partial charge in [-0.2, -0.15) is 0 Å². The van der Waals surface area contributed by atoms with Crippen molar-refractivity contribution in [3.05, 3.63) is 10.3 Å². The van der Waals surface area contributed by atoms with Crippen LogP contribution in [0.15, 0.2) is 15.3 Å². The molecule has 0 aliphatic rings. The summed E-state index contributed by atoms with van der Waals surface area (Å²) < 4.78 is 6.69. The Morgan fingerprint density at radius 3 is 2.44 bits per heavy atom. The number of hydrogen-bond acceptors (Lipinski definition) is 3. The van der Waals surface area contributed by atoms with Gasteiger partial charge in [-0.3, -0.25) is 0 Å². The first kappa shape index (κ1) is 17.9. The number of halogens is 2. The number of alkyl carbamates (subject to hydrolysis) is 1. The first-order valence-corrected chi connectivity index (χ1v) is 7.54. The summed E-state index contributed by atoms with van der Waals surface area (Å²) in [6.45, 7) is 10.4. The highest BCUT2D eigenvalue weighted by Crippen LogP contribution is 2.08. The second kappa shape index (κ2) is 8.18. The summed E-state index contributed by atoms with van der Waals surface area (Å²) in [6, 6.07) is 0. The van der Waals surface area contributed by atoms with Crippen molar-refractivity contribution in [2.24, 2.45) is 4.99 Å². The van der Waals surface area contributed by atoms with E-state index in [1.54, 1.807) is 0 Å². The average Bonchev–Trinajstić information content (AvgIpc) is 2.13. The largest absolute Gasteiger partial charge is 0.444 e. The lowest BCUT2D eigenvalue weighted by molar-refractivity contribution is 0.0526. The number of likely N-dealkylation sites (N-methyl/N-ethyl adjacent to an activating group) is 1. The molecule has 0 heterocycles. The molecule has 18 heavy (non-hydrogen) atoms. The van der Waals surface area contributed by atoms with E-state index in [2.05, 4.69) is 62.1 Å². The van der Waals surface area contributed by atoms with Crippen LogP contribution in [-0.2, 0) is 4.74 Å². The molecule has 0 aliphatic heterocycles. The maximum atomic E-state index is 11.4. The monoisotopic (exact) mass is 479 g/mol. The van der Waals surface area contributed by atoms with Crippen molar-refractivity contribution in [2.45, 2.75) is 26.4 Å². The zero-order chi connectivity index (χ0) is 14.3. The van der Waals surface area contributed by atoms with E-state index in [0.29, 0.717) is 13.1 Å². The number of amidine groups is 1. The second-order valence-corrected chi connectivity index (χ2v) is 6.82. The molecule has 0 bridgehead atoms. The van der Waals surface area contributed by atoms with Gasteiger partial charge in [-0.15, -0.1) is 0 Å². The average molecular weight is 479 g/mol. The molecule has 0 unspecified atom stereocenters. The molecule has 7 heteroatoms. The van der Waals surface area contributed by atoms with E-state index in [1.807, 2.05) is 32.7 Å². The predicted octanol–water partition coefficient (Wildman–Crippen LogP) is 3.14. The quantitative estimate of drug-likeness (QED) is 0.292. The molecule has 0 aromatic rings. The minimum Gasteiger partial charge on any atom is -0.444 e. The number of nitrogens with zero attached hydrogens (tertiary/aromatic N) is 2. The molecule has 1 N–H and O–H groups in total. The zero-order valence-electron chi connectivity index (χ0n) is 11.1. The minimum absolute atomic E-state index is 0.402. The van der Waals surface area contributed by atoms with Gasteiger partial charge in [-0.25, -0.2) is 9.79 Å². The van der Waals surface area contributed by atoms with E-state index >= 15 is 0 Å². The van der Waals surface area contributed by atoms with Crippen molar-refractivity contribution in [3.63, 3.8) is 0 Å². The van der Waals surface area contributed by atoms with Crippen LogP contribution in [0.1, 0.15) is 20.8 Å². The molecule has 0 atom stereocenters. The number of hydrogen-bond donors (Lipinski definition) is 1. The van der Waals surface area contributed by atoms with Gasteiger partial charge >= 0.3 is 6.09 Å². The van der Waals surface area contributed by atoms with Gasteiger partial charge in [0.2, 0.25) is 0 Å². The van der Waals surface area contributed by atoms with Crippen molar-refractivity contribution in [1.82, 2.24) is 10.2 Å². The number of amides is 1. The SMILES string of the molecule is C=C(I)N=C(I)N(C)CCNC(=O)OC(C)(C)C. The van der Waals surface area contributed by atoms with E-state index in [-0.39, 0.29) is 0 Å². The van der Waals surface area contributed by atoms with Gasteiger partial charge in [0.15, 0.2) is 3.84 Å². The van der Waals surface area contributed by atoms with Gasteiger partial charge in [0, 0.05) is 20.1 Å². The van der Waals surface area contributed by atoms with Crippen LogP contribution in [0.25, 0.3) is 0 Å². The third-order valence-corrected chi connectivity index (χ3v) is 2.95. The lowest BCUT2D eigenvalue weighted by Gasteiger charge is -2.21. The van der Waals surface area contributed by atoms with E-state index in [9.17, 15) is 4.79 Å². The highest BCUT2D eigenvalue weighted by molar-refractivity contribution is 14.1. The molecule has 1 amide bonds. The van der Waals surface area contributed by atoms with Crippen LogP contribution >= 0.6 is 45.2 Å². The minimum atomic E-state index is -0.467. The number of nitrogens with one attached hydrogen (secondary N) is 1. The number of carbonyl (C=O) groups is 1. The molecule has 0 aromatic carbocycles. The molecule has 0 saturated heterocycles. The number of aliphatic imine (C=N–C) groups is 1. The highest BCUT2D eigenvalue weighted by atomic mass is 127. The molecule has 5 nitrogen and oxygen atoms in total. The number of rotatable bonds is 4. The lowest BCUT2D eigenvalue weighted by Crippen LogP contribution is -2.37. The standard InChI is InChI=1S/C11H19I2N3O2/c1-8(12)15-9(13)16(5)7-6-14-10(17)18-11(2,3)4/h1,6-7H2,2-5H3,(H,14,17). The summed E-state index contributed by atoms with van der Waals surface area (Å²) in [6.07, 6.45) is -0.402. The van der Waals surface area contributed by atoms with Crippen LogP contribution in [0.2, 0.25) is 0 Å². The van der Waals surface area contributed by atoms with Gasteiger partial charge in [0.05, 0.1) is 3.70 Å². The number of carbonyl (C=O) groups excluding carboxylic acids is 1. The first-order chi connectivity index (χ1) is 8.11. The van der Waals surface area contributed by atoms with Gasteiger partial charge in [-0.1, -0.05) is 6.58 Å². The van der Waals surface area contributed by atoms with Crippen molar-refractivity contribution in [3.8, 4) is 0 Å². The lowest BCUT2D eigenvalue weighted by atomic mass is 10.2. The van der Waals surface area contributed by atoms with Crippen LogP contribution in [0.4, 0.5) is 4.79 Å². The highest BCUT2D eigenvalue weighted by Gasteiger charge is 2.15. The van der Waals surface area contributed by atoms with Crippen LogP contribution in [0, 0.1) is 0 Å². The van der Waals surface area contributed by atoms with Gasteiger partial charge in [0.25, 0.3) is 0 Å². The summed E-state index contributed by atoms with van der Waals surface area (Å²) in [5.41, 5.74) is -0.467. The Morgan fingerprint density at radius 2 is 2.00 bits per heavy atom. The maximum Gasteiger partial charge on any atom is 0.407 e. The third kappa shape index (κ3) is 9.92. The van der Waals surface area contributed by atoms with E-state index in [1.165, 1.54) is 0 Å². The fraction of sp³-hybridized carbons (Fsp3) is 0.636. The third-order valence-electron chi connectivity index (χ3n) is 1.64. The fourth-order valence-electron chi connectivity index (χ4n) is 0.918. The molecule has 0 rings (SSSR count). The molecule has 0 aromatic heterocycles.